The van der Waals surface area contributed by atoms with Gasteiger partial charge in [0.25, 0.3) is 0 Å². The third-order valence-corrected chi connectivity index (χ3v) is 3.60. The molecule has 0 saturated carbocycles. The Hall–Kier alpha value is -1.40. The standard InChI is InChI=1S/C13H17BrN4O/c1-4-15-9(3)12-17-18-13(19-12)16-10-6-5-8(2)11(14)7-10/h5-7,9,15H,4H2,1-3H3,(H,16,18). The van der Waals surface area contributed by atoms with Crippen LogP contribution in [0.3, 0.4) is 0 Å². The van der Waals surface area contributed by atoms with Crippen LogP contribution in [-0.2, 0) is 0 Å². The van der Waals surface area contributed by atoms with Gasteiger partial charge in [0.05, 0.1) is 6.04 Å². The van der Waals surface area contributed by atoms with Crippen LogP contribution in [0.1, 0.15) is 31.3 Å². The molecule has 0 fully saturated rings. The van der Waals surface area contributed by atoms with Crippen LogP contribution in [0.5, 0.6) is 0 Å². The summed E-state index contributed by atoms with van der Waals surface area (Å²) >= 11 is 3.49. The van der Waals surface area contributed by atoms with Crippen molar-refractivity contribution in [2.24, 2.45) is 0 Å². The Bertz CT molecular complexity index is 555. The van der Waals surface area contributed by atoms with Crippen molar-refractivity contribution in [2.75, 3.05) is 11.9 Å². The van der Waals surface area contributed by atoms with Crippen molar-refractivity contribution in [1.82, 2.24) is 15.5 Å². The number of hydrogen-bond acceptors (Lipinski definition) is 5. The Morgan fingerprint density at radius 3 is 2.84 bits per heavy atom. The second-order valence-corrected chi connectivity index (χ2v) is 5.17. The predicted molar refractivity (Wildman–Crippen MR) is 78.6 cm³/mol. The van der Waals surface area contributed by atoms with Crippen LogP contribution >= 0.6 is 15.9 Å². The van der Waals surface area contributed by atoms with Crippen molar-refractivity contribution in [3.8, 4) is 0 Å². The molecule has 0 spiro atoms. The van der Waals surface area contributed by atoms with Crippen LogP contribution < -0.4 is 10.6 Å². The normalized spacial score (nSPS) is 12.4. The second kappa shape index (κ2) is 6.16. The number of aromatic nitrogens is 2. The molecule has 2 N–H and O–H groups in total. The summed E-state index contributed by atoms with van der Waals surface area (Å²) in [6, 6.07) is 6.42. The molecule has 5 nitrogen and oxygen atoms in total. The molecule has 0 aliphatic heterocycles. The maximum absolute atomic E-state index is 5.56. The van der Waals surface area contributed by atoms with E-state index in [1.54, 1.807) is 0 Å². The fourth-order valence-corrected chi connectivity index (χ4v) is 2.03. The highest BCUT2D eigenvalue weighted by Crippen LogP contribution is 2.23. The zero-order valence-corrected chi connectivity index (χ0v) is 12.8. The summed E-state index contributed by atoms with van der Waals surface area (Å²) < 4.78 is 6.60. The molecule has 102 valence electrons. The van der Waals surface area contributed by atoms with Gasteiger partial charge in [-0.05, 0) is 38.1 Å². The number of nitrogens with zero attached hydrogens (tertiary/aromatic N) is 2. The van der Waals surface area contributed by atoms with E-state index in [4.69, 9.17) is 4.42 Å². The third-order valence-electron chi connectivity index (χ3n) is 2.74. The molecule has 0 bridgehead atoms. The van der Waals surface area contributed by atoms with Crippen molar-refractivity contribution in [1.29, 1.82) is 0 Å². The van der Waals surface area contributed by atoms with Gasteiger partial charge < -0.3 is 15.1 Å². The molecule has 2 aromatic rings. The first kappa shape index (κ1) is 14.0. The molecule has 0 amide bonds. The molecule has 0 aliphatic carbocycles. The predicted octanol–water partition coefficient (Wildman–Crippen LogP) is 3.55. The summed E-state index contributed by atoms with van der Waals surface area (Å²) in [5.41, 5.74) is 2.08. The maximum atomic E-state index is 5.56. The van der Waals surface area contributed by atoms with E-state index in [9.17, 15) is 0 Å². The molecule has 6 heteroatoms. The Labute approximate surface area is 120 Å². The monoisotopic (exact) mass is 324 g/mol. The Balaban J connectivity index is 2.09. The molecule has 1 heterocycles. The number of aryl methyl sites for hydroxylation is 1. The number of nitrogens with one attached hydrogen (secondary N) is 2. The zero-order chi connectivity index (χ0) is 13.8. The summed E-state index contributed by atoms with van der Waals surface area (Å²) in [6.07, 6.45) is 0. The molecule has 0 aliphatic rings. The van der Waals surface area contributed by atoms with E-state index < -0.39 is 0 Å². The Kier molecular flexibility index (Phi) is 4.55. The molecule has 1 atom stereocenters. The van der Waals surface area contributed by atoms with E-state index in [0.717, 1.165) is 16.7 Å². The smallest absolute Gasteiger partial charge is 0.320 e. The zero-order valence-electron chi connectivity index (χ0n) is 11.2. The lowest BCUT2D eigenvalue weighted by atomic mass is 10.2. The van der Waals surface area contributed by atoms with Gasteiger partial charge in [-0.1, -0.05) is 34.0 Å². The van der Waals surface area contributed by atoms with Gasteiger partial charge in [-0.3, -0.25) is 0 Å². The molecule has 1 unspecified atom stereocenters. The van der Waals surface area contributed by atoms with Crippen LogP contribution in [0, 0.1) is 6.92 Å². The van der Waals surface area contributed by atoms with Crippen LogP contribution in [-0.4, -0.2) is 16.7 Å². The number of anilines is 2. The van der Waals surface area contributed by atoms with Gasteiger partial charge in [-0.2, -0.15) is 0 Å². The molecule has 2 rings (SSSR count). The SMILES string of the molecule is CCNC(C)c1nnc(Nc2ccc(C)c(Br)c2)o1. The molecule has 0 radical (unpaired) electrons. The van der Waals surface area contributed by atoms with Gasteiger partial charge in [0, 0.05) is 10.2 Å². The van der Waals surface area contributed by atoms with E-state index >= 15 is 0 Å². The van der Waals surface area contributed by atoms with Gasteiger partial charge >= 0.3 is 6.01 Å². The molecule has 1 aromatic heterocycles. The van der Waals surface area contributed by atoms with E-state index in [1.165, 1.54) is 5.56 Å². The molecule has 1 aromatic carbocycles. The van der Waals surface area contributed by atoms with Crippen LogP contribution in [0.4, 0.5) is 11.7 Å². The Morgan fingerprint density at radius 2 is 2.16 bits per heavy atom. The highest BCUT2D eigenvalue weighted by molar-refractivity contribution is 9.10. The minimum absolute atomic E-state index is 0.0535. The maximum Gasteiger partial charge on any atom is 0.320 e. The van der Waals surface area contributed by atoms with Crippen LogP contribution in [0.25, 0.3) is 0 Å². The molecular weight excluding hydrogens is 308 g/mol. The van der Waals surface area contributed by atoms with E-state index in [2.05, 4.69) is 36.8 Å². The highest BCUT2D eigenvalue weighted by Gasteiger charge is 2.12. The molecular formula is C13H17BrN4O. The number of hydrogen-bond donors (Lipinski definition) is 2. The minimum atomic E-state index is 0.0535. The quantitative estimate of drug-likeness (QED) is 0.880. The van der Waals surface area contributed by atoms with Crippen LogP contribution in [0.15, 0.2) is 27.1 Å². The van der Waals surface area contributed by atoms with E-state index in [-0.39, 0.29) is 6.04 Å². The average molecular weight is 325 g/mol. The molecule has 0 saturated heterocycles. The second-order valence-electron chi connectivity index (χ2n) is 4.31. The number of rotatable bonds is 5. The summed E-state index contributed by atoms with van der Waals surface area (Å²) in [5.74, 6) is 0.579. The van der Waals surface area contributed by atoms with Crippen molar-refractivity contribution in [3.63, 3.8) is 0 Å². The van der Waals surface area contributed by atoms with Crippen molar-refractivity contribution in [3.05, 3.63) is 34.1 Å². The van der Waals surface area contributed by atoms with E-state index in [0.29, 0.717) is 11.9 Å². The summed E-state index contributed by atoms with van der Waals surface area (Å²) in [4.78, 5) is 0. The first-order valence-corrected chi connectivity index (χ1v) is 6.99. The topological polar surface area (TPSA) is 63.0 Å². The van der Waals surface area contributed by atoms with E-state index in [1.807, 2.05) is 39.0 Å². The van der Waals surface area contributed by atoms with Crippen molar-refractivity contribution < 1.29 is 4.42 Å². The fraction of sp³-hybridized carbons (Fsp3) is 0.385. The minimum Gasteiger partial charge on any atom is -0.406 e. The lowest BCUT2D eigenvalue weighted by Gasteiger charge is -2.06. The average Bonchev–Trinajstić information content (AvgIpc) is 2.83. The molecule has 19 heavy (non-hydrogen) atoms. The van der Waals surface area contributed by atoms with Gasteiger partial charge in [-0.15, -0.1) is 5.10 Å². The lowest BCUT2D eigenvalue weighted by Crippen LogP contribution is -2.17. The van der Waals surface area contributed by atoms with Crippen molar-refractivity contribution >= 4 is 27.6 Å². The first-order valence-electron chi connectivity index (χ1n) is 6.20. The summed E-state index contributed by atoms with van der Waals surface area (Å²) in [5, 5.41) is 14.3. The van der Waals surface area contributed by atoms with Gasteiger partial charge in [0.15, 0.2) is 0 Å². The largest absolute Gasteiger partial charge is 0.406 e. The number of benzene rings is 1. The first-order chi connectivity index (χ1) is 9.10. The highest BCUT2D eigenvalue weighted by atomic mass is 79.9. The summed E-state index contributed by atoms with van der Waals surface area (Å²) in [6.45, 7) is 6.92. The third kappa shape index (κ3) is 3.54. The summed E-state index contributed by atoms with van der Waals surface area (Å²) in [7, 11) is 0. The fourth-order valence-electron chi connectivity index (χ4n) is 1.65. The van der Waals surface area contributed by atoms with Gasteiger partial charge in [-0.25, -0.2) is 0 Å². The Morgan fingerprint density at radius 1 is 1.37 bits per heavy atom. The van der Waals surface area contributed by atoms with Crippen LogP contribution in [0.2, 0.25) is 0 Å². The number of halogens is 1. The van der Waals surface area contributed by atoms with Gasteiger partial charge in [0.2, 0.25) is 5.89 Å². The van der Waals surface area contributed by atoms with Gasteiger partial charge in [0.1, 0.15) is 0 Å². The van der Waals surface area contributed by atoms with Crippen molar-refractivity contribution in [2.45, 2.75) is 26.8 Å². The lowest BCUT2D eigenvalue weighted by molar-refractivity contribution is 0.430.